The van der Waals surface area contributed by atoms with Crippen LogP contribution in [-0.4, -0.2) is 13.1 Å². The minimum Gasteiger partial charge on any atom is -0.465 e. The molecule has 0 saturated heterocycles. The molecule has 1 N–H and O–H groups in total. The second-order valence-corrected chi connectivity index (χ2v) is 4.94. The van der Waals surface area contributed by atoms with E-state index in [-0.39, 0.29) is 5.97 Å². The Hall–Kier alpha value is -2.32. The number of nitrogens with zero attached hydrogens (tertiary/aromatic N) is 1. The van der Waals surface area contributed by atoms with Crippen LogP contribution in [0.4, 0.5) is 5.69 Å². The van der Waals surface area contributed by atoms with Crippen molar-refractivity contribution in [3.05, 3.63) is 51.7 Å². The molecule has 1 heterocycles. The number of hydrogen-bond donors (Lipinski definition) is 1. The van der Waals surface area contributed by atoms with E-state index in [1.165, 1.54) is 18.4 Å². The standard InChI is InChI=1S/C14H12N2O2S/c1-18-14(17)12-4-2-3-5-13(12)16-9-11-7-6-10(8-15)19-11/h2-7,16H,9H2,1H3. The normalized spacial score (nSPS) is 9.68. The zero-order chi connectivity index (χ0) is 13.7. The molecule has 1 aromatic carbocycles. The highest BCUT2D eigenvalue weighted by molar-refractivity contribution is 7.12. The van der Waals surface area contributed by atoms with E-state index in [1.807, 2.05) is 18.2 Å². The molecule has 2 rings (SSSR count). The summed E-state index contributed by atoms with van der Waals surface area (Å²) in [4.78, 5) is 13.3. The lowest BCUT2D eigenvalue weighted by Crippen LogP contribution is -2.07. The summed E-state index contributed by atoms with van der Waals surface area (Å²) in [6.07, 6.45) is 0. The summed E-state index contributed by atoms with van der Waals surface area (Å²) < 4.78 is 4.73. The minimum absolute atomic E-state index is 0.369. The molecule has 0 fully saturated rings. The summed E-state index contributed by atoms with van der Waals surface area (Å²) in [5, 5.41) is 11.9. The van der Waals surface area contributed by atoms with Crippen LogP contribution in [0, 0.1) is 11.3 Å². The van der Waals surface area contributed by atoms with Crippen LogP contribution in [0.5, 0.6) is 0 Å². The van der Waals surface area contributed by atoms with Crippen LogP contribution in [0.25, 0.3) is 0 Å². The average molecular weight is 272 g/mol. The maximum absolute atomic E-state index is 11.6. The lowest BCUT2D eigenvalue weighted by atomic mass is 10.2. The van der Waals surface area contributed by atoms with E-state index in [4.69, 9.17) is 10.00 Å². The molecular formula is C14H12N2O2S. The summed E-state index contributed by atoms with van der Waals surface area (Å²) in [5.41, 5.74) is 1.23. The van der Waals surface area contributed by atoms with Crippen LogP contribution < -0.4 is 5.32 Å². The number of nitriles is 1. The van der Waals surface area contributed by atoms with E-state index in [9.17, 15) is 4.79 Å². The first-order chi connectivity index (χ1) is 9.24. The van der Waals surface area contributed by atoms with E-state index in [2.05, 4.69) is 11.4 Å². The first-order valence-electron chi connectivity index (χ1n) is 5.64. The smallest absolute Gasteiger partial charge is 0.339 e. The highest BCUT2D eigenvalue weighted by atomic mass is 32.1. The van der Waals surface area contributed by atoms with Crippen LogP contribution in [0.1, 0.15) is 20.1 Å². The summed E-state index contributed by atoms with van der Waals surface area (Å²) >= 11 is 1.43. The van der Waals surface area contributed by atoms with E-state index in [1.54, 1.807) is 18.2 Å². The van der Waals surface area contributed by atoms with Gasteiger partial charge in [0.1, 0.15) is 10.9 Å². The summed E-state index contributed by atoms with van der Waals surface area (Å²) in [6, 6.07) is 13.0. The van der Waals surface area contributed by atoms with Crippen molar-refractivity contribution in [2.75, 3.05) is 12.4 Å². The number of esters is 1. The number of methoxy groups -OCH3 is 1. The van der Waals surface area contributed by atoms with Crippen LogP contribution in [0.2, 0.25) is 0 Å². The van der Waals surface area contributed by atoms with Gasteiger partial charge in [0.05, 0.1) is 12.7 Å². The Labute approximate surface area is 115 Å². The predicted molar refractivity (Wildman–Crippen MR) is 74.1 cm³/mol. The lowest BCUT2D eigenvalue weighted by Gasteiger charge is -2.09. The van der Waals surface area contributed by atoms with E-state index >= 15 is 0 Å². The van der Waals surface area contributed by atoms with Crippen molar-refractivity contribution in [2.45, 2.75) is 6.54 Å². The van der Waals surface area contributed by atoms with Crippen molar-refractivity contribution >= 4 is 23.0 Å². The third-order valence-corrected chi connectivity index (χ3v) is 3.55. The van der Waals surface area contributed by atoms with Gasteiger partial charge in [-0.1, -0.05) is 12.1 Å². The molecular weight excluding hydrogens is 260 g/mol. The van der Waals surface area contributed by atoms with Crippen LogP contribution >= 0.6 is 11.3 Å². The van der Waals surface area contributed by atoms with Gasteiger partial charge in [0.25, 0.3) is 0 Å². The average Bonchev–Trinajstić information content (AvgIpc) is 2.92. The van der Waals surface area contributed by atoms with Gasteiger partial charge in [0.15, 0.2) is 0 Å². The molecule has 19 heavy (non-hydrogen) atoms. The van der Waals surface area contributed by atoms with Crippen molar-refractivity contribution in [1.82, 2.24) is 0 Å². The molecule has 0 aliphatic heterocycles. The summed E-state index contributed by atoms with van der Waals surface area (Å²) in [7, 11) is 1.36. The number of benzene rings is 1. The first-order valence-corrected chi connectivity index (χ1v) is 6.46. The Morgan fingerprint density at radius 3 is 2.84 bits per heavy atom. The Morgan fingerprint density at radius 2 is 2.16 bits per heavy atom. The number of hydrogen-bond acceptors (Lipinski definition) is 5. The summed E-state index contributed by atoms with van der Waals surface area (Å²) in [5.74, 6) is -0.369. The number of carbonyl (C=O) groups is 1. The number of carbonyl (C=O) groups excluding carboxylic acids is 1. The van der Waals surface area contributed by atoms with Crippen LogP contribution in [-0.2, 0) is 11.3 Å². The fourth-order valence-electron chi connectivity index (χ4n) is 1.64. The predicted octanol–water partition coefficient (Wildman–Crippen LogP) is 3.02. The van der Waals surface area contributed by atoms with Gasteiger partial charge < -0.3 is 10.1 Å². The van der Waals surface area contributed by atoms with Crippen LogP contribution in [0.15, 0.2) is 36.4 Å². The highest BCUT2D eigenvalue weighted by Gasteiger charge is 2.10. The maximum atomic E-state index is 11.6. The van der Waals surface area contributed by atoms with Crippen molar-refractivity contribution < 1.29 is 9.53 Å². The van der Waals surface area contributed by atoms with E-state index in [0.717, 1.165) is 10.6 Å². The Bertz CT molecular complexity index is 628. The SMILES string of the molecule is COC(=O)c1ccccc1NCc1ccc(C#N)s1. The second-order valence-electron chi connectivity index (χ2n) is 3.77. The molecule has 96 valence electrons. The molecule has 0 aliphatic rings. The zero-order valence-electron chi connectivity index (χ0n) is 10.3. The van der Waals surface area contributed by atoms with Gasteiger partial charge in [-0.25, -0.2) is 4.79 Å². The number of thiophene rings is 1. The Kier molecular flexibility index (Phi) is 4.16. The number of para-hydroxylation sites is 1. The fraction of sp³-hybridized carbons (Fsp3) is 0.143. The highest BCUT2D eigenvalue weighted by Crippen LogP contribution is 2.20. The Morgan fingerprint density at radius 1 is 1.37 bits per heavy atom. The maximum Gasteiger partial charge on any atom is 0.339 e. The number of ether oxygens (including phenoxy) is 1. The van der Waals surface area contributed by atoms with Crippen LogP contribution in [0.3, 0.4) is 0 Å². The molecule has 4 nitrogen and oxygen atoms in total. The van der Waals surface area contributed by atoms with Gasteiger partial charge in [-0.05, 0) is 24.3 Å². The first kappa shape index (κ1) is 13.1. The van der Waals surface area contributed by atoms with Gasteiger partial charge in [0, 0.05) is 17.1 Å². The van der Waals surface area contributed by atoms with Gasteiger partial charge in [-0.3, -0.25) is 0 Å². The van der Waals surface area contributed by atoms with E-state index in [0.29, 0.717) is 17.0 Å². The van der Waals surface area contributed by atoms with Crippen molar-refractivity contribution in [1.29, 1.82) is 5.26 Å². The van der Waals surface area contributed by atoms with Gasteiger partial charge in [0.2, 0.25) is 0 Å². The third-order valence-electron chi connectivity index (χ3n) is 2.56. The molecule has 0 bridgehead atoms. The summed E-state index contributed by atoms with van der Waals surface area (Å²) in [6.45, 7) is 0.570. The molecule has 0 saturated carbocycles. The molecule has 0 atom stereocenters. The van der Waals surface area contributed by atoms with Crippen molar-refractivity contribution in [2.24, 2.45) is 0 Å². The molecule has 0 spiro atoms. The molecule has 0 radical (unpaired) electrons. The second kappa shape index (κ2) is 6.03. The van der Waals surface area contributed by atoms with Crippen molar-refractivity contribution in [3.8, 4) is 6.07 Å². The molecule has 0 aliphatic carbocycles. The van der Waals surface area contributed by atoms with Gasteiger partial charge in [-0.15, -0.1) is 11.3 Å². The topological polar surface area (TPSA) is 62.1 Å². The third kappa shape index (κ3) is 3.12. The van der Waals surface area contributed by atoms with Gasteiger partial charge >= 0.3 is 5.97 Å². The van der Waals surface area contributed by atoms with Gasteiger partial charge in [-0.2, -0.15) is 5.26 Å². The molecule has 0 amide bonds. The van der Waals surface area contributed by atoms with Crippen molar-refractivity contribution in [3.63, 3.8) is 0 Å². The van der Waals surface area contributed by atoms with E-state index < -0.39 is 0 Å². The number of nitrogens with one attached hydrogen (secondary N) is 1. The minimum atomic E-state index is -0.369. The largest absolute Gasteiger partial charge is 0.465 e. The zero-order valence-corrected chi connectivity index (χ0v) is 11.2. The Balaban J connectivity index is 2.11. The number of anilines is 1. The lowest BCUT2D eigenvalue weighted by molar-refractivity contribution is 0.0602. The number of rotatable bonds is 4. The quantitative estimate of drug-likeness (QED) is 0.869. The molecule has 2 aromatic rings. The molecule has 5 heteroatoms. The monoisotopic (exact) mass is 272 g/mol. The molecule has 1 aromatic heterocycles. The fourth-order valence-corrected chi connectivity index (χ4v) is 2.39. The molecule has 0 unspecified atom stereocenters.